The van der Waals surface area contributed by atoms with Gasteiger partial charge in [0.2, 0.25) is 5.91 Å². The molecule has 2 aromatic rings. The highest BCUT2D eigenvalue weighted by Gasteiger charge is 2.11. The van der Waals surface area contributed by atoms with Crippen LogP contribution in [0.1, 0.15) is 5.56 Å². The molecule has 0 atom stereocenters. The molecule has 0 aliphatic carbocycles. The maximum Gasteiger partial charge on any atom is 0.230 e. The Bertz CT molecular complexity index is 698. The second-order valence-corrected chi connectivity index (χ2v) is 7.06. The summed E-state index contributed by atoms with van der Waals surface area (Å²) in [6.45, 7) is 3.97. The Balaban J connectivity index is 1.42. The van der Waals surface area contributed by atoms with Gasteiger partial charge < -0.3 is 19.7 Å². The molecule has 26 heavy (non-hydrogen) atoms. The van der Waals surface area contributed by atoms with Crippen molar-refractivity contribution in [2.45, 2.75) is 11.4 Å². The number of amides is 1. The molecule has 138 valence electrons. The fraction of sp³-hybridized carbons (Fsp3) is 0.350. The molecule has 1 heterocycles. The van der Waals surface area contributed by atoms with Gasteiger partial charge in [-0.2, -0.15) is 0 Å². The monoisotopic (exact) mass is 372 g/mol. The topological polar surface area (TPSA) is 50.8 Å². The first kappa shape index (κ1) is 18.6. The fourth-order valence-corrected chi connectivity index (χ4v) is 3.45. The van der Waals surface area contributed by atoms with Crippen LogP contribution in [0.3, 0.4) is 0 Å². The summed E-state index contributed by atoms with van der Waals surface area (Å²) >= 11 is 1.52. The molecule has 1 saturated heterocycles. The molecule has 1 aliphatic rings. The largest absolute Gasteiger partial charge is 0.497 e. The Morgan fingerprint density at radius 1 is 1.12 bits per heavy atom. The van der Waals surface area contributed by atoms with Gasteiger partial charge in [0.05, 0.1) is 26.1 Å². The van der Waals surface area contributed by atoms with Gasteiger partial charge in [0.15, 0.2) is 0 Å². The number of hydrogen-bond donors (Lipinski definition) is 1. The summed E-state index contributed by atoms with van der Waals surface area (Å²) in [7, 11) is 1.64. The maximum atomic E-state index is 12.0. The lowest BCUT2D eigenvalue weighted by atomic mass is 10.2. The van der Waals surface area contributed by atoms with Crippen LogP contribution >= 0.6 is 11.8 Å². The van der Waals surface area contributed by atoms with Gasteiger partial charge in [-0.15, -0.1) is 11.8 Å². The Kier molecular flexibility index (Phi) is 6.80. The van der Waals surface area contributed by atoms with E-state index in [1.807, 2.05) is 24.3 Å². The number of nitrogens with one attached hydrogen (secondary N) is 1. The average molecular weight is 372 g/mol. The summed E-state index contributed by atoms with van der Waals surface area (Å²) in [5.41, 5.74) is 2.31. The van der Waals surface area contributed by atoms with E-state index in [2.05, 4.69) is 34.5 Å². The van der Waals surface area contributed by atoms with Gasteiger partial charge in [-0.25, -0.2) is 0 Å². The standard InChI is InChI=1S/C20H24N2O3S/c1-24-18-6-8-19(9-7-18)26-15-20(23)21-14-16-2-4-17(5-3-16)22-10-12-25-13-11-22/h2-9H,10-15H2,1H3,(H,21,23). The number of rotatable bonds is 7. The molecular weight excluding hydrogens is 348 g/mol. The number of morpholine rings is 1. The third-order valence-corrected chi connectivity index (χ3v) is 5.24. The van der Waals surface area contributed by atoms with Gasteiger partial charge >= 0.3 is 0 Å². The van der Waals surface area contributed by atoms with Crippen molar-refractivity contribution < 1.29 is 14.3 Å². The third-order valence-electron chi connectivity index (χ3n) is 4.23. The zero-order chi connectivity index (χ0) is 18.2. The lowest BCUT2D eigenvalue weighted by molar-refractivity contribution is -0.118. The summed E-state index contributed by atoms with van der Waals surface area (Å²) in [4.78, 5) is 15.4. The van der Waals surface area contributed by atoms with E-state index >= 15 is 0 Å². The van der Waals surface area contributed by atoms with Crippen LogP contribution in [0, 0.1) is 0 Å². The maximum absolute atomic E-state index is 12.0. The Hall–Kier alpha value is -2.18. The predicted molar refractivity (Wildman–Crippen MR) is 105 cm³/mol. The smallest absolute Gasteiger partial charge is 0.230 e. The van der Waals surface area contributed by atoms with Gasteiger partial charge in [-0.1, -0.05) is 12.1 Å². The van der Waals surface area contributed by atoms with Crippen molar-refractivity contribution in [3.8, 4) is 5.75 Å². The number of thioether (sulfide) groups is 1. The molecule has 0 radical (unpaired) electrons. The van der Waals surface area contributed by atoms with Crippen LogP contribution in [0.2, 0.25) is 0 Å². The quantitative estimate of drug-likeness (QED) is 0.758. The number of nitrogens with zero attached hydrogens (tertiary/aromatic N) is 1. The first-order valence-corrected chi connectivity index (χ1v) is 9.68. The minimum atomic E-state index is 0.0306. The van der Waals surface area contributed by atoms with Crippen LogP contribution in [0.5, 0.6) is 5.75 Å². The van der Waals surface area contributed by atoms with E-state index in [4.69, 9.17) is 9.47 Å². The van der Waals surface area contributed by atoms with E-state index in [1.54, 1.807) is 7.11 Å². The highest BCUT2D eigenvalue weighted by molar-refractivity contribution is 8.00. The summed E-state index contributed by atoms with van der Waals surface area (Å²) in [6, 6.07) is 16.1. The molecule has 1 N–H and O–H groups in total. The van der Waals surface area contributed by atoms with Crippen LogP contribution < -0.4 is 15.0 Å². The molecule has 5 nitrogen and oxygen atoms in total. The van der Waals surface area contributed by atoms with Gasteiger partial charge in [-0.3, -0.25) is 4.79 Å². The van der Waals surface area contributed by atoms with Crippen molar-refractivity contribution >= 4 is 23.4 Å². The number of benzene rings is 2. The van der Waals surface area contributed by atoms with Crippen molar-refractivity contribution in [2.75, 3.05) is 44.1 Å². The van der Waals surface area contributed by atoms with E-state index in [0.717, 1.165) is 42.5 Å². The molecule has 0 spiro atoms. The minimum absolute atomic E-state index is 0.0306. The first-order valence-electron chi connectivity index (χ1n) is 8.70. The second-order valence-electron chi connectivity index (χ2n) is 6.01. The first-order chi connectivity index (χ1) is 12.7. The fourth-order valence-electron chi connectivity index (χ4n) is 2.72. The highest BCUT2D eigenvalue weighted by atomic mass is 32.2. The summed E-state index contributed by atoms with van der Waals surface area (Å²) in [5.74, 6) is 1.25. The van der Waals surface area contributed by atoms with Crippen LogP contribution in [-0.4, -0.2) is 45.1 Å². The van der Waals surface area contributed by atoms with Crippen LogP contribution in [0.4, 0.5) is 5.69 Å². The second kappa shape index (κ2) is 9.50. The van der Waals surface area contributed by atoms with E-state index in [-0.39, 0.29) is 5.91 Å². The Morgan fingerprint density at radius 3 is 2.46 bits per heavy atom. The van der Waals surface area contributed by atoms with Gasteiger partial charge in [-0.05, 0) is 42.0 Å². The molecular formula is C20H24N2O3S. The lowest BCUT2D eigenvalue weighted by Crippen LogP contribution is -2.36. The van der Waals surface area contributed by atoms with Crippen molar-refractivity contribution in [3.63, 3.8) is 0 Å². The van der Waals surface area contributed by atoms with Crippen LogP contribution in [0.25, 0.3) is 0 Å². The predicted octanol–water partition coefficient (Wildman–Crippen LogP) is 2.94. The van der Waals surface area contributed by atoms with Gasteiger partial charge in [0.25, 0.3) is 0 Å². The zero-order valence-electron chi connectivity index (χ0n) is 14.9. The van der Waals surface area contributed by atoms with E-state index in [0.29, 0.717) is 12.3 Å². The molecule has 2 aromatic carbocycles. The molecule has 1 aliphatic heterocycles. The molecule has 6 heteroatoms. The van der Waals surface area contributed by atoms with E-state index < -0.39 is 0 Å². The van der Waals surface area contributed by atoms with Gasteiger partial charge in [0, 0.05) is 30.2 Å². The van der Waals surface area contributed by atoms with Crippen molar-refractivity contribution in [1.82, 2.24) is 5.32 Å². The summed E-state index contributed by atoms with van der Waals surface area (Å²) in [6.07, 6.45) is 0. The lowest BCUT2D eigenvalue weighted by Gasteiger charge is -2.28. The third kappa shape index (κ3) is 5.41. The normalized spacial score (nSPS) is 14.1. The molecule has 1 fully saturated rings. The minimum Gasteiger partial charge on any atom is -0.497 e. The molecule has 0 saturated carbocycles. The van der Waals surface area contributed by atoms with Crippen LogP contribution in [0.15, 0.2) is 53.4 Å². The van der Waals surface area contributed by atoms with Crippen LogP contribution in [-0.2, 0) is 16.1 Å². The Labute approximate surface area is 158 Å². The van der Waals surface area contributed by atoms with E-state index in [1.165, 1.54) is 17.4 Å². The van der Waals surface area contributed by atoms with Crippen molar-refractivity contribution in [2.24, 2.45) is 0 Å². The highest BCUT2D eigenvalue weighted by Crippen LogP contribution is 2.21. The molecule has 1 amide bonds. The summed E-state index contributed by atoms with van der Waals surface area (Å²) < 4.78 is 10.5. The van der Waals surface area contributed by atoms with Crippen molar-refractivity contribution in [1.29, 1.82) is 0 Å². The Morgan fingerprint density at radius 2 is 1.81 bits per heavy atom. The summed E-state index contributed by atoms with van der Waals surface area (Å²) in [5, 5.41) is 2.97. The molecule has 0 unspecified atom stereocenters. The van der Waals surface area contributed by atoms with E-state index in [9.17, 15) is 4.79 Å². The molecule has 0 aromatic heterocycles. The zero-order valence-corrected chi connectivity index (χ0v) is 15.8. The number of hydrogen-bond acceptors (Lipinski definition) is 5. The number of carbonyl (C=O) groups excluding carboxylic acids is 1. The SMILES string of the molecule is COc1ccc(SCC(=O)NCc2ccc(N3CCOCC3)cc2)cc1. The van der Waals surface area contributed by atoms with Gasteiger partial charge in [0.1, 0.15) is 5.75 Å². The molecule has 0 bridgehead atoms. The number of methoxy groups -OCH3 is 1. The van der Waals surface area contributed by atoms with Crippen molar-refractivity contribution in [3.05, 3.63) is 54.1 Å². The molecule has 3 rings (SSSR count). The average Bonchev–Trinajstić information content (AvgIpc) is 2.72. The number of carbonyl (C=O) groups is 1. The number of anilines is 1. The number of ether oxygens (including phenoxy) is 2.